The highest BCUT2D eigenvalue weighted by atomic mass is 32.1. The summed E-state index contributed by atoms with van der Waals surface area (Å²) in [6.07, 6.45) is 6.77. The van der Waals surface area contributed by atoms with Crippen molar-refractivity contribution in [2.45, 2.75) is 58.9 Å². The maximum absolute atomic E-state index is 14.3. The molecule has 0 radical (unpaired) electrons. The van der Waals surface area contributed by atoms with Crippen LogP contribution in [0.1, 0.15) is 70.0 Å². The number of esters is 2. The molecule has 0 fully saturated rings. The van der Waals surface area contributed by atoms with E-state index in [9.17, 15) is 19.2 Å². The number of rotatable bonds is 11. The van der Waals surface area contributed by atoms with E-state index < -0.39 is 23.5 Å². The van der Waals surface area contributed by atoms with Crippen LogP contribution in [0.4, 0.5) is 5.69 Å². The largest absolute Gasteiger partial charge is 0.458 e. The van der Waals surface area contributed by atoms with Gasteiger partial charge in [-0.25, -0.2) is 9.79 Å². The van der Waals surface area contributed by atoms with Crippen molar-refractivity contribution in [2.24, 2.45) is 4.99 Å². The Hall–Kier alpha value is -4.57. The number of unbranched alkanes of at least 4 members (excludes halogenated alkanes) is 4. The minimum Gasteiger partial charge on any atom is -0.458 e. The van der Waals surface area contributed by atoms with Gasteiger partial charge >= 0.3 is 11.9 Å². The van der Waals surface area contributed by atoms with E-state index in [4.69, 9.17) is 9.47 Å². The van der Waals surface area contributed by atoms with Crippen LogP contribution < -0.4 is 24.5 Å². The molecule has 5 rings (SSSR count). The lowest BCUT2D eigenvalue weighted by atomic mass is 9.96. The van der Waals surface area contributed by atoms with Gasteiger partial charge in [0.15, 0.2) is 4.80 Å². The first kappa shape index (κ1) is 30.9. The van der Waals surface area contributed by atoms with Crippen molar-refractivity contribution >= 4 is 40.4 Å². The SMILES string of the molecule is C=CCOC(=O)C1=C(C)N=c2sc(=C3C(=O)N(CCCCCCC)c4ccccc43)c(=O)n2C1c1ccc(OC(C)=O)cc1. The Morgan fingerprint density at radius 1 is 1.05 bits per heavy atom. The molecular weight excluding hydrogens is 578 g/mol. The van der Waals surface area contributed by atoms with Crippen molar-refractivity contribution in [2.75, 3.05) is 18.1 Å². The van der Waals surface area contributed by atoms with Gasteiger partial charge in [-0.3, -0.25) is 19.0 Å². The molecule has 44 heavy (non-hydrogen) atoms. The highest BCUT2D eigenvalue weighted by Gasteiger charge is 2.37. The molecule has 1 unspecified atom stereocenters. The minimum atomic E-state index is -0.884. The second-order valence-corrected chi connectivity index (χ2v) is 11.7. The number of anilines is 1. The number of benzene rings is 2. The second kappa shape index (κ2) is 13.4. The Labute approximate surface area is 259 Å². The summed E-state index contributed by atoms with van der Waals surface area (Å²) in [4.78, 5) is 59.9. The number of carbonyl (C=O) groups excluding carboxylic acids is 3. The van der Waals surface area contributed by atoms with Crippen LogP contribution in [0.3, 0.4) is 0 Å². The third-order valence-electron chi connectivity index (χ3n) is 7.64. The average Bonchev–Trinajstić information content (AvgIpc) is 3.47. The van der Waals surface area contributed by atoms with Gasteiger partial charge in [0.2, 0.25) is 0 Å². The van der Waals surface area contributed by atoms with Crippen LogP contribution in [0.5, 0.6) is 5.75 Å². The van der Waals surface area contributed by atoms with Gasteiger partial charge in [0, 0.05) is 19.0 Å². The van der Waals surface area contributed by atoms with Gasteiger partial charge in [0.25, 0.3) is 11.5 Å². The van der Waals surface area contributed by atoms with Crippen LogP contribution in [0, 0.1) is 0 Å². The number of hydrogen-bond donors (Lipinski definition) is 0. The zero-order valence-corrected chi connectivity index (χ0v) is 25.9. The molecule has 1 atom stereocenters. The summed E-state index contributed by atoms with van der Waals surface area (Å²) in [5, 5.41) is 0. The zero-order chi connectivity index (χ0) is 31.4. The predicted octanol–water partition coefficient (Wildman–Crippen LogP) is 4.58. The number of para-hydroxylation sites is 1. The molecule has 0 saturated heterocycles. The molecule has 3 aromatic rings. The molecule has 228 valence electrons. The lowest BCUT2D eigenvalue weighted by Gasteiger charge is -2.24. The molecule has 0 aliphatic carbocycles. The Balaban J connectivity index is 1.65. The van der Waals surface area contributed by atoms with E-state index in [1.165, 1.54) is 17.6 Å². The first-order chi connectivity index (χ1) is 21.3. The molecule has 0 spiro atoms. The summed E-state index contributed by atoms with van der Waals surface area (Å²) in [6, 6.07) is 13.2. The number of aromatic nitrogens is 1. The maximum Gasteiger partial charge on any atom is 0.338 e. The fraction of sp³-hybridized carbons (Fsp3) is 0.324. The van der Waals surface area contributed by atoms with Crippen LogP contribution >= 0.6 is 11.3 Å². The Morgan fingerprint density at radius 3 is 2.48 bits per heavy atom. The van der Waals surface area contributed by atoms with Crippen molar-refractivity contribution in [1.29, 1.82) is 0 Å². The normalized spacial score (nSPS) is 16.8. The minimum absolute atomic E-state index is 0.0120. The van der Waals surface area contributed by atoms with Crippen LogP contribution in [-0.2, 0) is 19.1 Å². The third-order valence-corrected chi connectivity index (χ3v) is 8.70. The smallest absolute Gasteiger partial charge is 0.338 e. The Bertz CT molecular complexity index is 1830. The second-order valence-electron chi connectivity index (χ2n) is 10.7. The van der Waals surface area contributed by atoms with Crippen molar-refractivity contribution in [3.8, 4) is 5.75 Å². The highest BCUT2D eigenvalue weighted by Crippen LogP contribution is 2.36. The van der Waals surface area contributed by atoms with Crippen LogP contribution in [0.15, 0.2) is 82.2 Å². The Kier molecular flexibility index (Phi) is 9.39. The maximum atomic E-state index is 14.3. The topological polar surface area (TPSA) is 107 Å². The molecule has 1 amide bonds. The summed E-state index contributed by atoms with van der Waals surface area (Å²) in [5.74, 6) is -0.978. The summed E-state index contributed by atoms with van der Waals surface area (Å²) in [5.41, 5.74) is 2.60. The fourth-order valence-corrected chi connectivity index (χ4v) is 6.78. The fourth-order valence-electron chi connectivity index (χ4n) is 5.64. The van der Waals surface area contributed by atoms with Gasteiger partial charge in [-0.15, -0.1) is 0 Å². The molecule has 2 aliphatic rings. The number of fused-ring (bicyclic) bond motifs is 2. The van der Waals surface area contributed by atoms with Gasteiger partial charge in [-0.05, 0) is 37.1 Å². The van der Waals surface area contributed by atoms with E-state index in [1.807, 2.05) is 24.3 Å². The van der Waals surface area contributed by atoms with Crippen LogP contribution in [-0.4, -0.2) is 35.6 Å². The molecule has 2 aliphatic heterocycles. The number of nitrogens with zero attached hydrogens (tertiary/aromatic N) is 3. The van der Waals surface area contributed by atoms with Crippen molar-refractivity contribution in [3.63, 3.8) is 0 Å². The van der Waals surface area contributed by atoms with Crippen LogP contribution in [0.25, 0.3) is 5.57 Å². The quantitative estimate of drug-likeness (QED) is 0.136. The molecule has 1 aromatic heterocycles. The van der Waals surface area contributed by atoms with Gasteiger partial charge in [-0.1, -0.05) is 86.9 Å². The molecular formula is C34H35N3O6S. The molecule has 9 nitrogen and oxygen atoms in total. The summed E-state index contributed by atoms with van der Waals surface area (Å²) >= 11 is 1.14. The van der Waals surface area contributed by atoms with Gasteiger partial charge in [0.1, 0.15) is 16.9 Å². The lowest BCUT2D eigenvalue weighted by molar-refractivity contribution is -0.138. The van der Waals surface area contributed by atoms with Crippen molar-refractivity contribution in [3.05, 3.63) is 103 Å². The molecule has 3 heterocycles. The lowest BCUT2D eigenvalue weighted by Crippen LogP contribution is -2.41. The standard InChI is InChI=1S/C34H35N3O6S/c1-5-7-8-9-12-19-36-26-14-11-10-13-25(26)28(31(36)39)30-32(40)37-29(23-15-17-24(18-16-23)43-22(4)38)27(33(41)42-20-6-2)21(3)35-34(37)44-30/h6,10-11,13-18,29H,2,5,7-9,12,19-20H2,1,3-4H3. The van der Waals surface area contributed by atoms with Crippen LogP contribution in [0.2, 0.25) is 0 Å². The zero-order valence-electron chi connectivity index (χ0n) is 25.1. The van der Waals surface area contributed by atoms with Crippen molar-refractivity contribution in [1.82, 2.24) is 4.57 Å². The summed E-state index contributed by atoms with van der Waals surface area (Å²) in [6.45, 7) is 9.34. The first-order valence-electron chi connectivity index (χ1n) is 14.8. The van der Waals surface area contributed by atoms with Gasteiger partial charge in [0.05, 0.1) is 28.6 Å². The number of amides is 1. The number of allylic oxidation sites excluding steroid dienone is 1. The van der Waals surface area contributed by atoms with Crippen molar-refractivity contribution < 1.29 is 23.9 Å². The van der Waals surface area contributed by atoms with E-state index in [0.717, 1.165) is 49.1 Å². The highest BCUT2D eigenvalue weighted by molar-refractivity contribution is 7.07. The molecule has 0 bridgehead atoms. The van der Waals surface area contributed by atoms with E-state index in [2.05, 4.69) is 18.5 Å². The average molecular weight is 614 g/mol. The third kappa shape index (κ3) is 5.94. The molecule has 10 heteroatoms. The van der Waals surface area contributed by atoms with E-state index >= 15 is 0 Å². The first-order valence-corrected chi connectivity index (χ1v) is 15.6. The molecule has 0 N–H and O–H groups in total. The van der Waals surface area contributed by atoms with Gasteiger partial charge in [-0.2, -0.15) is 0 Å². The number of carbonyl (C=O) groups is 3. The molecule has 2 aromatic carbocycles. The number of ether oxygens (including phenoxy) is 2. The van der Waals surface area contributed by atoms with E-state index in [-0.39, 0.29) is 22.6 Å². The van der Waals surface area contributed by atoms with E-state index in [0.29, 0.717) is 39.5 Å². The number of thiazole rings is 1. The Morgan fingerprint density at radius 2 is 1.77 bits per heavy atom. The monoisotopic (exact) mass is 613 g/mol. The number of hydrogen-bond acceptors (Lipinski definition) is 8. The molecule has 0 saturated carbocycles. The van der Waals surface area contributed by atoms with E-state index in [1.54, 1.807) is 36.1 Å². The predicted molar refractivity (Wildman–Crippen MR) is 169 cm³/mol. The van der Waals surface area contributed by atoms with Gasteiger partial charge < -0.3 is 14.4 Å². The summed E-state index contributed by atoms with van der Waals surface area (Å²) in [7, 11) is 0. The summed E-state index contributed by atoms with van der Waals surface area (Å²) < 4.78 is 12.3.